The first-order chi connectivity index (χ1) is 19.9. The van der Waals surface area contributed by atoms with E-state index in [0.29, 0.717) is 12.1 Å². The van der Waals surface area contributed by atoms with E-state index in [1.807, 2.05) is 60.7 Å². The molecule has 5 fully saturated rings. The van der Waals surface area contributed by atoms with E-state index >= 15 is 0 Å². The molecule has 1 heterocycles. The van der Waals surface area contributed by atoms with Crippen molar-refractivity contribution in [3.63, 3.8) is 0 Å². The Morgan fingerprint density at radius 1 is 0.429 bits per heavy atom. The van der Waals surface area contributed by atoms with Gasteiger partial charge in [0, 0.05) is 0 Å². The number of nitrogens with zero attached hydrogens (tertiary/aromatic N) is 4. The average molecular weight is 779 g/mol. The van der Waals surface area contributed by atoms with Crippen LogP contribution in [0.25, 0.3) is 8.47 Å². The molecule has 0 N–H and O–H groups in total. The molecule has 0 spiro atoms. The molecule has 5 aliphatic rings. The summed E-state index contributed by atoms with van der Waals surface area (Å²) in [6.07, 6.45) is 28.7. The van der Waals surface area contributed by atoms with Gasteiger partial charge in [-0.25, -0.2) is 24.3 Å². The van der Waals surface area contributed by atoms with Crippen molar-refractivity contribution in [1.82, 2.24) is 5.47 Å². The predicted molar refractivity (Wildman–Crippen MR) is 173 cm³/mol. The zero-order chi connectivity index (χ0) is 27.2. The Morgan fingerprint density at radius 3 is 0.976 bits per heavy atom. The Hall–Kier alpha value is 0.696. The topological polar surface area (TPSA) is 34.7 Å². The van der Waals surface area contributed by atoms with Gasteiger partial charge in [0.25, 0.3) is 0 Å². The van der Waals surface area contributed by atoms with Crippen molar-refractivity contribution in [3.05, 3.63) is 69.1 Å². The summed E-state index contributed by atoms with van der Waals surface area (Å²) in [6, 6.07) is 23.1. The minimum atomic E-state index is -1.40. The molecule has 4 nitrogen and oxygen atoms in total. The molecule has 42 heavy (non-hydrogen) atoms. The summed E-state index contributed by atoms with van der Waals surface area (Å²) >= 11 is -2.81. The summed E-state index contributed by atoms with van der Waals surface area (Å²) in [5, 5.41) is 0. The van der Waals surface area contributed by atoms with Gasteiger partial charge in [0.05, 0.1) is 0 Å². The standard InChI is InChI=1S/C24H44As2N4.2C5H5.2Mn/c1-5-13-21(14-6-1)27-25-29(23-17-9-3-10-18-23)26(28-22-15-7-2-8-16-22)30(25)24-19-11-4-12-20-24;2*1-2-4-5-3-1;;/h21-24H,1-20H2;2*1-5H;;/q-2;2*-1;2*+3. The van der Waals surface area contributed by atoms with Crippen LogP contribution in [0.3, 0.4) is 0 Å². The van der Waals surface area contributed by atoms with Crippen LogP contribution in [0.4, 0.5) is 0 Å². The minimum absolute atomic E-state index is 0. The van der Waals surface area contributed by atoms with E-state index in [-0.39, 0.29) is 34.1 Å². The largest absolute Gasteiger partial charge is 3.00 e. The molecule has 0 amide bonds. The Balaban J connectivity index is 0.000000341. The first-order valence-electron chi connectivity index (χ1n) is 16.8. The summed E-state index contributed by atoms with van der Waals surface area (Å²) in [5.41, 5.74) is 0. The predicted octanol–water partition coefficient (Wildman–Crippen LogP) is 9.46. The van der Waals surface area contributed by atoms with E-state index in [0.717, 1.165) is 12.1 Å². The van der Waals surface area contributed by atoms with E-state index in [1.54, 1.807) is 0 Å². The molecule has 7 rings (SSSR count). The second-order valence-electron chi connectivity index (χ2n) is 12.5. The van der Waals surface area contributed by atoms with Crippen molar-refractivity contribution in [2.45, 2.75) is 153 Å². The minimum Gasteiger partial charge on any atom is -0.214 e. The maximum atomic E-state index is 5.77. The van der Waals surface area contributed by atoms with Crippen LogP contribution in [0.1, 0.15) is 128 Å². The van der Waals surface area contributed by atoms with Crippen LogP contribution in [-0.4, -0.2) is 60.3 Å². The maximum absolute atomic E-state index is 5.77. The Bertz CT molecular complexity index is 748. The molecule has 4 aliphatic carbocycles. The molecule has 0 unspecified atom stereocenters. The molecule has 8 heteroatoms. The van der Waals surface area contributed by atoms with E-state index in [2.05, 4.69) is 5.47 Å². The molecule has 1 saturated heterocycles. The third-order valence-electron chi connectivity index (χ3n) is 9.33. The Kier molecular flexibility index (Phi) is 19.0. The molecule has 4 saturated carbocycles. The second kappa shape index (κ2) is 21.5. The smallest absolute Gasteiger partial charge is 0.214 e. The van der Waals surface area contributed by atoms with Crippen LogP contribution in [0, 0.1) is 0 Å². The van der Waals surface area contributed by atoms with Crippen molar-refractivity contribution >= 4 is 30.7 Å². The van der Waals surface area contributed by atoms with Crippen LogP contribution in [0.15, 0.2) is 60.7 Å². The fourth-order valence-electron chi connectivity index (χ4n) is 7.05. The van der Waals surface area contributed by atoms with Gasteiger partial charge in [-0.3, -0.25) is 0 Å². The van der Waals surface area contributed by atoms with Crippen LogP contribution in [0.2, 0.25) is 0 Å². The van der Waals surface area contributed by atoms with E-state index < -0.39 is 30.7 Å². The van der Waals surface area contributed by atoms with Gasteiger partial charge in [0.2, 0.25) is 0 Å². The van der Waals surface area contributed by atoms with Gasteiger partial charge in [0.15, 0.2) is 0 Å². The fourth-order valence-corrected chi connectivity index (χ4v) is 23.0. The van der Waals surface area contributed by atoms with Crippen LogP contribution in [0.5, 0.6) is 0 Å². The summed E-state index contributed by atoms with van der Waals surface area (Å²) < 4.78 is 17.8. The van der Waals surface area contributed by atoms with Crippen LogP contribution < -0.4 is 0 Å². The van der Waals surface area contributed by atoms with Crippen LogP contribution in [-0.2, 0) is 34.1 Å². The first-order valence-corrected chi connectivity index (χ1v) is 21.9. The maximum Gasteiger partial charge on any atom is 3.00 e. The molecule has 0 radical (unpaired) electrons. The number of rotatable bonds is 6. The van der Waals surface area contributed by atoms with Gasteiger partial charge in [-0.05, 0) is 0 Å². The van der Waals surface area contributed by atoms with E-state index in [9.17, 15) is 0 Å². The average Bonchev–Trinajstić information content (AvgIpc) is 3.79. The summed E-state index contributed by atoms with van der Waals surface area (Å²) in [6.45, 7) is 0. The normalized spacial score (nSPS) is 26.8. The quantitative estimate of drug-likeness (QED) is 0.217. The molecular formula is C34H54As2Mn2N4+2. The third kappa shape index (κ3) is 11.5. The molecule has 0 aromatic heterocycles. The molecule has 232 valence electrons. The fraction of sp³-hybridized carbons (Fsp3) is 0.706. The van der Waals surface area contributed by atoms with Gasteiger partial charge >= 0.3 is 231 Å². The summed E-state index contributed by atoms with van der Waals surface area (Å²) in [7, 11) is 0. The molecular weight excluding hydrogens is 724 g/mol. The second-order valence-corrected chi connectivity index (χ2v) is 22.3. The van der Waals surface area contributed by atoms with Crippen molar-refractivity contribution in [2.75, 3.05) is 0 Å². The molecule has 2 aromatic carbocycles. The van der Waals surface area contributed by atoms with Gasteiger partial charge < -0.3 is 0 Å². The third-order valence-corrected chi connectivity index (χ3v) is 24.4. The molecule has 0 atom stereocenters. The zero-order valence-corrected chi connectivity index (χ0v) is 31.8. The number of hydrogen-bond acceptors (Lipinski definition) is 2. The SMILES string of the molecule is C1CCC([N-][As]2N(C3CCCCC3)[As]([N-]C3CCCCC3)N2C2CCCCC2)CC1.[Mn+3].[Mn+3].c1cc[cH-]c1.c1cc[cH-]c1. The van der Waals surface area contributed by atoms with Crippen molar-refractivity contribution in [3.8, 4) is 0 Å². The van der Waals surface area contributed by atoms with Crippen molar-refractivity contribution in [2.24, 2.45) is 0 Å². The molecule has 1 aliphatic heterocycles. The number of hydrogen-bond donors (Lipinski definition) is 0. The van der Waals surface area contributed by atoms with Crippen molar-refractivity contribution in [1.29, 1.82) is 0 Å². The Morgan fingerprint density at radius 2 is 0.714 bits per heavy atom. The summed E-state index contributed by atoms with van der Waals surface area (Å²) in [5.74, 6) is 0. The first kappa shape index (κ1) is 37.2. The van der Waals surface area contributed by atoms with Gasteiger partial charge in [-0.1, -0.05) is 0 Å². The summed E-state index contributed by atoms with van der Waals surface area (Å²) in [4.78, 5) is 0. The molecule has 2 aromatic rings. The van der Waals surface area contributed by atoms with E-state index in [1.165, 1.54) is 128 Å². The molecule has 0 bridgehead atoms. The van der Waals surface area contributed by atoms with Crippen molar-refractivity contribution < 1.29 is 34.1 Å². The van der Waals surface area contributed by atoms with Gasteiger partial charge in [-0.15, -0.1) is 0 Å². The zero-order valence-electron chi connectivity index (χ0n) is 25.7. The van der Waals surface area contributed by atoms with E-state index in [4.69, 9.17) is 8.47 Å². The Labute approximate surface area is 289 Å². The monoisotopic (exact) mass is 778 g/mol. The van der Waals surface area contributed by atoms with Crippen LogP contribution >= 0.6 is 0 Å². The van der Waals surface area contributed by atoms with Gasteiger partial charge in [0.1, 0.15) is 0 Å². The van der Waals surface area contributed by atoms with Gasteiger partial charge in [-0.2, -0.15) is 36.4 Å².